The fraction of sp³-hybridized carbons (Fsp3) is 0.588. The molecule has 4 N–H and O–H groups in total. The molecule has 0 heterocycles. The smallest absolute Gasteiger partial charge is 0.418 e. The molecule has 0 radical (unpaired) electrons. The van der Waals surface area contributed by atoms with E-state index in [1.165, 1.54) is 0 Å². The van der Waals surface area contributed by atoms with Crippen LogP contribution in [0.15, 0.2) is 48.5 Å². The third-order valence-electron chi connectivity index (χ3n) is 10.8. The van der Waals surface area contributed by atoms with Crippen molar-refractivity contribution in [3.8, 4) is 0 Å². The first-order valence-electron chi connectivity index (χ1n) is 15.1. The summed E-state index contributed by atoms with van der Waals surface area (Å²) >= 11 is 12.3. The Bertz CT molecular complexity index is 1170. The third kappa shape index (κ3) is 6.10. The van der Waals surface area contributed by atoms with E-state index < -0.39 is 23.1 Å². The van der Waals surface area contributed by atoms with Crippen LogP contribution in [0.3, 0.4) is 0 Å². The second-order valence-corrected chi connectivity index (χ2v) is 14.5. The SMILES string of the molecule is CC(C(N)C1(c2ccc(Cl)cc2)CCC1)C(C)(C)OC(=O)C(=O)OC(C)(C)C(C)C(N)C1(c2ccc(Cl)cc2)CCC1. The maximum atomic E-state index is 13.1. The lowest BCUT2D eigenvalue weighted by atomic mass is 9.56. The molecule has 0 aromatic heterocycles. The Morgan fingerprint density at radius 1 is 0.667 bits per heavy atom. The van der Waals surface area contributed by atoms with Gasteiger partial charge in [-0.3, -0.25) is 0 Å². The predicted molar refractivity (Wildman–Crippen MR) is 169 cm³/mol. The topological polar surface area (TPSA) is 105 Å². The van der Waals surface area contributed by atoms with E-state index in [0.717, 1.165) is 49.7 Å². The number of carbonyl (C=O) groups excluding carboxylic acids is 2. The molecule has 0 bridgehead atoms. The summed E-state index contributed by atoms with van der Waals surface area (Å²) in [6, 6.07) is 15.0. The third-order valence-corrected chi connectivity index (χ3v) is 11.3. The second-order valence-electron chi connectivity index (χ2n) is 13.6. The minimum Gasteiger partial charge on any atom is -0.451 e. The van der Waals surface area contributed by atoms with Crippen LogP contribution in [-0.2, 0) is 29.9 Å². The first-order valence-corrected chi connectivity index (χ1v) is 15.8. The van der Waals surface area contributed by atoms with E-state index in [2.05, 4.69) is 0 Å². The summed E-state index contributed by atoms with van der Waals surface area (Å²) in [5, 5.41) is 1.35. The monoisotopic (exact) mass is 616 g/mol. The van der Waals surface area contributed by atoms with Crippen LogP contribution in [-0.4, -0.2) is 35.2 Å². The molecule has 4 unspecified atom stereocenters. The lowest BCUT2D eigenvalue weighted by molar-refractivity contribution is -0.189. The van der Waals surface area contributed by atoms with Crippen molar-refractivity contribution in [1.82, 2.24) is 0 Å². The van der Waals surface area contributed by atoms with Crippen molar-refractivity contribution in [2.45, 2.75) is 114 Å². The van der Waals surface area contributed by atoms with Gasteiger partial charge in [0.05, 0.1) is 0 Å². The summed E-state index contributed by atoms with van der Waals surface area (Å²) in [7, 11) is 0. The molecule has 2 fully saturated rings. The highest BCUT2D eigenvalue weighted by atomic mass is 35.5. The van der Waals surface area contributed by atoms with Gasteiger partial charge in [-0.25, -0.2) is 9.59 Å². The van der Waals surface area contributed by atoms with Crippen LogP contribution in [0.2, 0.25) is 10.0 Å². The van der Waals surface area contributed by atoms with Gasteiger partial charge in [-0.1, -0.05) is 74.2 Å². The van der Waals surface area contributed by atoms with Gasteiger partial charge in [0.15, 0.2) is 0 Å². The van der Waals surface area contributed by atoms with Crippen LogP contribution in [0.1, 0.15) is 91.2 Å². The highest BCUT2D eigenvalue weighted by Gasteiger charge is 2.52. The Morgan fingerprint density at radius 3 is 1.19 bits per heavy atom. The van der Waals surface area contributed by atoms with Crippen molar-refractivity contribution < 1.29 is 19.1 Å². The molecule has 2 aliphatic rings. The first kappa shape index (κ1) is 32.8. The molecule has 2 aliphatic carbocycles. The normalized spacial score (nSPS) is 20.7. The van der Waals surface area contributed by atoms with Gasteiger partial charge in [-0.05, 0) is 88.8 Å². The van der Waals surface area contributed by atoms with Crippen LogP contribution >= 0.6 is 23.2 Å². The fourth-order valence-corrected chi connectivity index (χ4v) is 7.13. The van der Waals surface area contributed by atoms with Crippen LogP contribution in [0, 0.1) is 11.8 Å². The zero-order chi connectivity index (χ0) is 31.1. The number of rotatable bonds is 10. The Kier molecular flexibility index (Phi) is 9.45. The van der Waals surface area contributed by atoms with Gasteiger partial charge < -0.3 is 20.9 Å². The zero-order valence-electron chi connectivity index (χ0n) is 25.7. The molecule has 4 rings (SSSR count). The summed E-state index contributed by atoms with van der Waals surface area (Å²) in [4.78, 5) is 26.2. The molecule has 0 aliphatic heterocycles. The Morgan fingerprint density at radius 2 is 0.952 bits per heavy atom. The summed E-state index contributed by atoms with van der Waals surface area (Å²) in [6.07, 6.45) is 5.91. The van der Waals surface area contributed by atoms with Crippen LogP contribution in [0.4, 0.5) is 0 Å². The molecule has 2 saturated carbocycles. The first-order chi connectivity index (χ1) is 19.6. The summed E-state index contributed by atoms with van der Waals surface area (Å²) < 4.78 is 11.6. The Labute approximate surface area is 260 Å². The molecule has 2 aromatic carbocycles. The quantitative estimate of drug-likeness (QED) is 0.218. The van der Waals surface area contributed by atoms with E-state index in [9.17, 15) is 9.59 Å². The molecule has 0 spiro atoms. The maximum absolute atomic E-state index is 13.1. The number of esters is 2. The van der Waals surface area contributed by atoms with E-state index in [4.69, 9.17) is 44.1 Å². The second kappa shape index (κ2) is 12.1. The van der Waals surface area contributed by atoms with Crippen molar-refractivity contribution in [3.05, 3.63) is 69.7 Å². The van der Waals surface area contributed by atoms with Gasteiger partial charge >= 0.3 is 11.9 Å². The molecular formula is C34H46Cl2N2O4. The molecule has 230 valence electrons. The minimum atomic E-state index is -1.03. The number of carbonyl (C=O) groups is 2. The van der Waals surface area contributed by atoms with E-state index >= 15 is 0 Å². The highest BCUT2D eigenvalue weighted by Crippen LogP contribution is 2.50. The average Bonchev–Trinajstić information content (AvgIpc) is 2.87. The summed E-state index contributed by atoms with van der Waals surface area (Å²) in [5.74, 6) is -2.55. The van der Waals surface area contributed by atoms with Crippen molar-refractivity contribution in [2.75, 3.05) is 0 Å². The molecule has 2 aromatic rings. The van der Waals surface area contributed by atoms with Crippen molar-refractivity contribution in [3.63, 3.8) is 0 Å². The Balaban J connectivity index is 1.42. The van der Waals surface area contributed by atoms with Crippen molar-refractivity contribution >= 4 is 35.1 Å². The van der Waals surface area contributed by atoms with Gasteiger partial charge in [0.2, 0.25) is 0 Å². The maximum Gasteiger partial charge on any atom is 0.418 e. The average molecular weight is 618 g/mol. The van der Waals surface area contributed by atoms with Crippen molar-refractivity contribution in [2.24, 2.45) is 23.3 Å². The summed E-state index contributed by atoms with van der Waals surface area (Å²) in [5.41, 5.74) is 13.6. The highest BCUT2D eigenvalue weighted by molar-refractivity contribution is 6.31. The molecule has 8 heteroatoms. The number of hydrogen-bond acceptors (Lipinski definition) is 6. The van der Waals surface area contributed by atoms with Crippen LogP contribution in [0.25, 0.3) is 0 Å². The molecule has 6 nitrogen and oxygen atoms in total. The minimum absolute atomic E-state index is 0.233. The number of nitrogens with two attached hydrogens (primary N) is 2. The number of halogens is 2. The fourth-order valence-electron chi connectivity index (χ4n) is 6.88. The molecule has 4 atom stereocenters. The number of hydrogen-bond donors (Lipinski definition) is 2. The van der Waals surface area contributed by atoms with Crippen molar-refractivity contribution in [1.29, 1.82) is 0 Å². The van der Waals surface area contributed by atoms with E-state index in [0.29, 0.717) is 10.0 Å². The lowest BCUT2D eigenvalue weighted by Gasteiger charge is -2.51. The van der Waals surface area contributed by atoms with E-state index in [1.54, 1.807) is 27.7 Å². The van der Waals surface area contributed by atoms with E-state index in [1.807, 2.05) is 62.4 Å². The van der Waals surface area contributed by atoms with Gasteiger partial charge in [-0.2, -0.15) is 0 Å². The van der Waals surface area contributed by atoms with Gasteiger partial charge in [0.25, 0.3) is 0 Å². The van der Waals surface area contributed by atoms with Gasteiger partial charge in [0, 0.05) is 44.8 Å². The standard InChI is InChI=1S/C34H46Cl2N2O4/c1-21(27(37)33(17-7-18-33)23-9-13-25(35)14-10-23)31(3,4)41-29(39)30(40)42-32(5,6)22(2)28(38)34(19-8-20-34)24-11-15-26(36)16-12-24/h9-16,21-22,27-28H,7-8,17-20,37-38H2,1-6H3. The predicted octanol–water partition coefficient (Wildman–Crippen LogP) is 7.11. The molecule has 0 saturated heterocycles. The van der Waals surface area contributed by atoms with Gasteiger partial charge in [0.1, 0.15) is 11.2 Å². The number of ether oxygens (including phenoxy) is 2. The van der Waals surface area contributed by atoms with Crippen LogP contribution < -0.4 is 11.5 Å². The van der Waals surface area contributed by atoms with E-state index in [-0.39, 0.29) is 34.7 Å². The van der Waals surface area contributed by atoms with Gasteiger partial charge in [-0.15, -0.1) is 0 Å². The van der Waals surface area contributed by atoms with Crippen LogP contribution in [0.5, 0.6) is 0 Å². The number of benzene rings is 2. The largest absolute Gasteiger partial charge is 0.451 e. The zero-order valence-corrected chi connectivity index (χ0v) is 27.2. The Hall–Kier alpha value is -2.12. The molecule has 0 amide bonds. The lowest BCUT2D eigenvalue weighted by Crippen LogP contribution is -2.59. The summed E-state index contributed by atoms with van der Waals surface area (Å²) in [6.45, 7) is 11.1. The molecule has 42 heavy (non-hydrogen) atoms. The molecular weight excluding hydrogens is 571 g/mol.